The van der Waals surface area contributed by atoms with Crippen molar-refractivity contribution in [2.75, 3.05) is 6.54 Å². The third-order valence-corrected chi connectivity index (χ3v) is 7.14. The van der Waals surface area contributed by atoms with Gasteiger partial charge in [0.1, 0.15) is 6.33 Å². The normalized spacial score (nSPS) is 12.3. The van der Waals surface area contributed by atoms with Crippen LogP contribution in [0.25, 0.3) is 39.7 Å². The second-order valence-electron chi connectivity index (χ2n) is 10.1. The zero-order chi connectivity index (χ0) is 27.5. The Bertz CT molecular complexity index is 1690. The maximum atomic E-state index is 12.9. The van der Waals surface area contributed by atoms with Crippen LogP contribution in [0.15, 0.2) is 91.4 Å². The average Bonchev–Trinajstić information content (AvgIpc) is 3.66. The van der Waals surface area contributed by atoms with Crippen molar-refractivity contribution in [1.29, 1.82) is 0 Å². The molecule has 0 radical (unpaired) electrons. The van der Waals surface area contributed by atoms with Crippen LogP contribution in [-0.4, -0.2) is 42.2 Å². The Morgan fingerprint density at radius 3 is 2.50 bits per heavy atom. The fourth-order valence-electron chi connectivity index (χ4n) is 4.99. The summed E-state index contributed by atoms with van der Waals surface area (Å²) in [6.45, 7) is 4.79. The Balaban J connectivity index is 1.21. The summed E-state index contributed by atoms with van der Waals surface area (Å²) in [5, 5.41) is 11.4. The van der Waals surface area contributed by atoms with Gasteiger partial charge in [0.2, 0.25) is 5.91 Å². The summed E-state index contributed by atoms with van der Waals surface area (Å²) in [5.41, 5.74) is 8.83. The predicted octanol–water partition coefficient (Wildman–Crippen LogP) is 5.34. The number of amides is 1. The van der Waals surface area contributed by atoms with Gasteiger partial charge in [-0.15, -0.1) is 10.2 Å². The third-order valence-electron chi connectivity index (χ3n) is 7.14. The van der Waals surface area contributed by atoms with Crippen LogP contribution in [0.2, 0.25) is 0 Å². The highest BCUT2D eigenvalue weighted by Gasteiger charge is 2.22. The van der Waals surface area contributed by atoms with Crippen LogP contribution >= 0.6 is 0 Å². The molecule has 4 heterocycles. The number of aromatic nitrogens is 6. The SMILES string of the molecule is CC(C)n1cnnc1-c1ccc(-c2cncc(-c3ccnc4c3C=C(C(=O)NCCc3ccncc3)C4)c2)cc1. The van der Waals surface area contributed by atoms with E-state index < -0.39 is 0 Å². The smallest absolute Gasteiger partial charge is 0.247 e. The summed E-state index contributed by atoms with van der Waals surface area (Å²) in [7, 11) is 0. The van der Waals surface area contributed by atoms with Crippen molar-refractivity contribution in [3.63, 3.8) is 0 Å². The molecule has 8 heteroatoms. The molecule has 0 fully saturated rings. The van der Waals surface area contributed by atoms with E-state index >= 15 is 0 Å². The maximum Gasteiger partial charge on any atom is 0.247 e. The fourth-order valence-corrected chi connectivity index (χ4v) is 4.99. The predicted molar refractivity (Wildman–Crippen MR) is 155 cm³/mol. The lowest BCUT2D eigenvalue weighted by Gasteiger charge is -2.11. The second kappa shape index (κ2) is 11.0. The number of carbonyl (C=O) groups is 1. The zero-order valence-electron chi connectivity index (χ0n) is 22.5. The van der Waals surface area contributed by atoms with Gasteiger partial charge in [-0.05, 0) is 67.3 Å². The van der Waals surface area contributed by atoms with Gasteiger partial charge in [-0.1, -0.05) is 24.3 Å². The van der Waals surface area contributed by atoms with E-state index in [4.69, 9.17) is 0 Å². The summed E-state index contributed by atoms with van der Waals surface area (Å²) in [6.07, 6.45) is 14.1. The first-order valence-electron chi connectivity index (χ1n) is 13.4. The Kier molecular flexibility index (Phi) is 6.97. The minimum atomic E-state index is -0.0572. The van der Waals surface area contributed by atoms with Gasteiger partial charge in [0.15, 0.2) is 5.82 Å². The molecule has 0 unspecified atom stereocenters. The Morgan fingerprint density at radius 1 is 0.925 bits per heavy atom. The van der Waals surface area contributed by atoms with E-state index in [1.165, 1.54) is 0 Å². The number of fused-ring (bicyclic) bond motifs is 1. The first kappa shape index (κ1) is 25.3. The lowest BCUT2D eigenvalue weighted by atomic mass is 9.98. The number of hydrogen-bond acceptors (Lipinski definition) is 6. The molecular formula is C32H29N7O. The summed E-state index contributed by atoms with van der Waals surface area (Å²) in [5.74, 6) is 0.794. The molecule has 1 N–H and O–H groups in total. The van der Waals surface area contributed by atoms with Gasteiger partial charge >= 0.3 is 0 Å². The Labute approximate surface area is 232 Å². The van der Waals surface area contributed by atoms with Gasteiger partial charge in [-0.25, -0.2) is 0 Å². The Hall–Kier alpha value is -4.98. The topological polar surface area (TPSA) is 98.5 Å². The molecule has 40 heavy (non-hydrogen) atoms. The van der Waals surface area contributed by atoms with Crippen LogP contribution in [0.5, 0.6) is 0 Å². The first-order valence-corrected chi connectivity index (χ1v) is 13.4. The van der Waals surface area contributed by atoms with Crippen LogP contribution in [0.4, 0.5) is 0 Å². The molecule has 5 aromatic rings. The lowest BCUT2D eigenvalue weighted by Crippen LogP contribution is -2.27. The van der Waals surface area contributed by atoms with Crippen molar-refractivity contribution in [2.45, 2.75) is 32.7 Å². The van der Waals surface area contributed by atoms with Crippen LogP contribution in [0.3, 0.4) is 0 Å². The van der Waals surface area contributed by atoms with E-state index in [9.17, 15) is 4.79 Å². The highest BCUT2D eigenvalue weighted by Crippen LogP contribution is 2.34. The standard InChI is InChI=1S/C32H29N7O/c1-21(2)39-20-37-38-31(39)24-5-3-23(4-6-24)26-15-27(19-34-18-26)28-10-14-35-30-17-25(16-29(28)30)32(40)36-13-9-22-7-11-33-12-8-22/h3-8,10-12,14-16,18-21H,9,13,17H2,1-2H3,(H,36,40). The summed E-state index contributed by atoms with van der Waals surface area (Å²) in [6, 6.07) is 16.6. The molecular weight excluding hydrogens is 498 g/mol. The molecule has 198 valence electrons. The minimum Gasteiger partial charge on any atom is -0.352 e. The first-order chi connectivity index (χ1) is 19.6. The minimum absolute atomic E-state index is 0.0572. The fraction of sp³-hybridized carbons (Fsp3) is 0.188. The van der Waals surface area contributed by atoms with Crippen LogP contribution in [0, 0.1) is 0 Å². The number of hydrogen-bond donors (Lipinski definition) is 1. The number of rotatable bonds is 8. The summed E-state index contributed by atoms with van der Waals surface area (Å²) < 4.78 is 2.06. The van der Waals surface area contributed by atoms with Crippen molar-refractivity contribution < 1.29 is 4.79 Å². The van der Waals surface area contributed by atoms with Gasteiger partial charge in [-0.3, -0.25) is 19.7 Å². The molecule has 0 bridgehead atoms. The van der Waals surface area contributed by atoms with Crippen molar-refractivity contribution >= 4 is 12.0 Å². The van der Waals surface area contributed by atoms with Gasteiger partial charge in [0.25, 0.3) is 0 Å². The highest BCUT2D eigenvalue weighted by molar-refractivity contribution is 6.01. The van der Waals surface area contributed by atoms with Crippen molar-refractivity contribution in [3.05, 3.63) is 108 Å². The zero-order valence-corrected chi connectivity index (χ0v) is 22.5. The van der Waals surface area contributed by atoms with Crippen molar-refractivity contribution in [2.24, 2.45) is 0 Å². The molecule has 4 aromatic heterocycles. The summed E-state index contributed by atoms with van der Waals surface area (Å²) >= 11 is 0. The molecule has 0 aliphatic heterocycles. The van der Waals surface area contributed by atoms with Gasteiger partial charge in [-0.2, -0.15) is 0 Å². The van der Waals surface area contributed by atoms with Crippen LogP contribution in [-0.2, 0) is 17.6 Å². The maximum absolute atomic E-state index is 12.9. The van der Waals surface area contributed by atoms with E-state index in [2.05, 4.69) is 79.2 Å². The lowest BCUT2D eigenvalue weighted by molar-refractivity contribution is -0.117. The Morgan fingerprint density at radius 2 is 1.70 bits per heavy atom. The van der Waals surface area contributed by atoms with E-state index in [1.807, 2.05) is 36.7 Å². The molecule has 1 aliphatic carbocycles. The average molecular weight is 528 g/mol. The number of nitrogens with one attached hydrogen (secondary N) is 1. The van der Waals surface area contributed by atoms with Crippen LogP contribution < -0.4 is 5.32 Å². The molecule has 1 aliphatic rings. The molecule has 1 aromatic carbocycles. The largest absolute Gasteiger partial charge is 0.352 e. The van der Waals surface area contributed by atoms with Crippen molar-refractivity contribution in [1.82, 2.24) is 35.0 Å². The molecule has 6 rings (SSSR count). The van der Waals surface area contributed by atoms with E-state index in [1.54, 1.807) is 24.9 Å². The molecule has 8 nitrogen and oxygen atoms in total. The summed E-state index contributed by atoms with van der Waals surface area (Å²) in [4.78, 5) is 26.1. The number of benzene rings is 1. The van der Waals surface area contributed by atoms with Gasteiger partial charge < -0.3 is 9.88 Å². The van der Waals surface area contributed by atoms with Gasteiger partial charge in [0, 0.05) is 77.8 Å². The molecule has 0 spiro atoms. The third kappa shape index (κ3) is 5.16. The van der Waals surface area contributed by atoms with Crippen LogP contribution in [0.1, 0.15) is 36.7 Å². The van der Waals surface area contributed by atoms with Crippen molar-refractivity contribution in [3.8, 4) is 33.6 Å². The highest BCUT2D eigenvalue weighted by atomic mass is 16.1. The molecule has 0 atom stereocenters. The number of carbonyl (C=O) groups excluding carboxylic acids is 1. The number of nitrogens with zero attached hydrogens (tertiary/aromatic N) is 6. The van der Waals surface area contributed by atoms with E-state index in [0.717, 1.165) is 62.5 Å². The monoisotopic (exact) mass is 527 g/mol. The molecule has 0 saturated heterocycles. The van der Waals surface area contributed by atoms with E-state index in [0.29, 0.717) is 13.0 Å². The second-order valence-corrected chi connectivity index (χ2v) is 10.1. The van der Waals surface area contributed by atoms with E-state index in [-0.39, 0.29) is 11.9 Å². The molecule has 1 amide bonds. The quantitative estimate of drug-likeness (QED) is 0.292. The van der Waals surface area contributed by atoms with Gasteiger partial charge in [0.05, 0.1) is 5.69 Å². The molecule has 0 saturated carbocycles. The number of pyridine rings is 3.